The van der Waals surface area contributed by atoms with Crippen LogP contribution in [0.4, 0.5) is 0 Å². The molecular weight excluding hydrogens is 515 g/mol. The van der Waals surface area contributed by atoms with Gasteiger partial charge in [-0.15, -0.1) is 24.0 Å². The van der Waals surface area contributed by atoms with Crippen LogP contribution in [0.5, 0.6) is 0 Å². The van der Waals surface area contributed by atoms with E-state index < -0.39 is 0 Å². The number of rotatable bonds is 9. The molecule has 0 atom stereocenters. The Labute approximate surface area is 210 Å². The Morgan fingerprint density at radius 2 is 1.69 bits per heavy atom. The third-order valence-corrected chi connectivity index (χ3v) is 5.70. The molecule has 0 aliphatic carbocycles. The minimum absolute atomic E-state index is 0. The molecule has 0 saturated carbocycles. The van der Waals surface area contributed by atoms with Gasteiger partial charge >= 0.3 is 0 Å². The Bertz CT molecular complexity index is 812. The highest BCUT2D eigenvalue weighted by molar-refractivity contribution is 14.0. The van der Waals surface area contributed by atoms with Crippen molar-refractivity contribution in [1.29, 1.82) is 0 Å². The Morgan fingerprint density at radius 3 is 2.28 bits per heavy atom. The maximum absolute atomic E-state index is 5.40. The van der Waals surface area contributed by atoms with Crippen molar-refractivity contribution < 1.29 is 4.52 Å². The standard InChI is InChI=1S/C24H38N6O.HI/c1-5-25-24(27-17-22-15-23(19(3)4)28-31-22)26-16-20-7-9-21(10-8-20)18-30-13-11-29(6-2)12-14-30;/h7-10,15,19H,5-6,11-14,16-18H2,1-4H3,(H2,25,26,27);1H. The molecular formula is C24H39IN6O. The van der Waals surface area contributed by atoms with Crippen molar-refractivity contribution in [3.05, 3.63) is 52.9 Å². The zero-order valence-corrected chi connectivity index (χ0v) is 22.3. The first-order chi connectivity index (χ1) is 15.1. The summed E-state index contributed by atoms with van der Waals surface area (Å²) in [6, 6.07) is 10.9. The third kappa shape index (κ3) is 8.37. The molecule has 0 bridgehead atoms. The number of aliphatic imine (C=N–C) groups is 1. The Hall–Kier alpha value is -1.65. The molecule has 1 aromatic carbocycles. The van der Waals surface area contributed by atoms with Gasteiger partial charge in [-0.1, -0.05) is 50.2 Å². The van der Waals surface area contributed by atoms with Crippen LogP contribution in [0, 0.1) is 0 Å². The van der Waals surface area contributed by atoms with E-state index in [-0.39, 0.29) is 24.0 Å². The summed E-state index contributed by atoms with van der Waals surface area (Å²) in [5.74, 6) is 1.96. The molecule has 2 heterocycles. The summed E-state index contributed by atoms with van der Waals surface area (Å²) in [6.07, 6.45) is 0. The van der Waals surface area contributed by atoms with E-state index in [1.165, 1.54) is 24.2 Å². The molecule has 0 spiro atoms. The van der Waals surface area contributed by atoms with Crippen LogP contribution >= 0.6 is 24.0 Å². The van der Waals surface area contributed by atoms with Gasteiger partial charge < -0.3 is 20.1 Å². The SMILES string of the molecule is CCNC(=NCc1ccc(CN2CCN(CC)CC2)cc1)NCc1cc(C(C)C)no1.I. The second-order valence-electron chi connectivity index (χ2n) is 8.45. The summed E-state index contributed by atoms with van der Waals surface area (Å²) in [6.45, 7) is 17.4. The van der Waals surface area contributed by atoms with Crippen LogP contribution in [0.25, 0.3) is 0 Å². The van der Waals surface area contributed by atoms with Crippen molar-refractivity contribution in [2.45, 2.75) is 53.2 Å². The lowest BCUT2D eigenvalue weighted by atomic mass is 10.1. The quantitative estimate of drug-likeness (QED) is 0.279. The van der Waals surface area contributed by atoms with Gasteiger partial charge in [-0.05, 0) is 30.5 Å². The number of benzene rings is 1. The van der Waals surface area contributed by atoms with E-state index >= 15 is 0 Å². The summed E-state index contributed by atoms with van der Waals surface area (Å²) >= 11 is 0. The first kappa shape index (κ1) is 26.6. The minimum Gasteiger partial charge on any atom is -0.359 e. The van der Waals surface area contributed by atoms with Crippen molar-refractivity contribution in [3.63, 3.8) is 0 Å². The lowest BCUT2D eigenvalue weighted by molar-refractivity contribution is 0.132. The predicted octanol–water partition coefficient (Wildman–Crippen LogP) is 3.81. The van der Waals surface area contributed by atoms with Crippen molar-refractivity contribution in [2.24, 2.45) is 4.99 Å². The van der Waals surface area contributed by atoms with Gasteiger partial charge in [0.2, 0.25) is 0 Å². The van der Waals surface area contributed by atoms with Gasteiger partial charge in [0.25, 0.3) is 0 Å². The lowest BCUT2D eigenvalue weighted by Crippen LogP contribution is -2.45. The molecule has 1 fully saturated rings. The van der Waals surface area contributed by atoms with E-state index in [4.69, 9.17) is 9.52 Å². The summed E-state index contributed by atoms with van der Waals surface area (Å²) < 4.78 is 5.40. The Balaban J connectivity index is 0.00000363. The summed E-state index contributed by atoms with van der Waals surface area (Å²) in [7, 11) is 0. The number of aromatic nitrogens is 1. The normalized spacial score (nSPS) is 15.6. The number of likely N-dealkylation sites (N-methyl/N-ethyl adjacent to an activating group) is 1. The minimum atomic E-state index is 0. The van der Waals surface area contributed by atoms with Crippen LogP contribution in [0.1, 0.15) is 56.2 Å². The molecule has 1 aliphatic rings. The van der Waals surface area contributed by atoms with E-state index in [2.05, 4.69) is 77.6 Å². The molecule has 1 aromatic heterocycles. The second-order valence-corrected chi connectivity index (χ2v) is 8.45. The number of halogens is 1. The highest BCUT2D eigenvalue weighted by Crippen LogP contribution is 2.14. The number of guanidine groups is 1. The molecule has 0 unspecified atom stereocenters. The maximum atomic E-state index is 5.40. The van der Waals surface area contributed by atoms with Crippen molar-refractivity contribution in [2.75, 3.05) is 39.3 Å². The fourth-order valence-corrected chi connectivity index (χ4v) is 3.64. The lowest BCUT2D eigenvalue weighted by Gasteiger charge is -2.34. The fourth-order valence-electron chi connectivity index (χ4n) is 3.64. The predicted molar refractivity (Wildman–Crippen MR) is 141 cm³/mol. The summed E-state index contributed by atoms with van der Waals surface area (Å²) in [5.41, 5.74) is 3.55. The van der Waals surface area contributed by atoms with E-state index in [0.717, 1.165) is 50.1 Å². The third-order valence-electron chi connectivity index (χ3n) is 5.70. The molecule has 2 N–H and O–H groups in total. The van der Waals surface area contributed by atoms with Gasteiger partial charge in [-0.2, -0.15) is 0 Å². The molecule has 3 rings (SSSR count). The van der Waals surface area contributed by atoms with E-state index in [1.807, 2.05) is 6.07 Å². The molecule has 8 heteroatoms. The molecule has 1 aliphatic heterocycles. The van der Waals surface area contributed by atoms with Gasteiger partial charge in [-0.25, -0.2) is 4.99 Å². The monoisotopic (exact) mass is 554 g/mol. The highest BCUT2D eigenvalue weighted by atomic mass is 127. The fraction of sp³-hybridized carbons (Fsp3) is 0.583. The molecule has 32 heavy (non-hydrogen) atoms. The number of hydrogen-bond donors (Lipinski definition) is 2. The van der Waals surface area contributed by atoms with Crippen molar-refractivity contribution >= 4 is 29.9 Å². The number of nitrogens with zero attached hydrogens (tertiary/aromatic N) is 4. The van der Waals surface area contributed by atoms with Crippen LogP contribution in [0.15, 0.2) is 39.8 Å². The zero-order valence-electron chi connectivity index (χ0n) is 19.9. The Kier molecular flexibility index (Phi) is 11.5. The van der Waals surface area contributed by atoms with Crippen LogP contribution in [0.2, 0.25) is 0 Å². The van der Waals surface area contributed by atoms with Crippen molar-refractivity contribution in [1.82, 2.24) is 25.6 Å². The molecule has 1 saturated heterocycles. The van der Waals surface area contributed by atoms with Crippen LogP contribution in [-0.4, -0.2) is 60.2 Å². The first-order valence-corrected chi connectivity index (χ1v) is 11.6. The highest BCUT2D eigenvalue weighted by Gasteiger charge is 2.15. The number of piperazine rings is 1. The van der Waals surface area contributed by atoms with Gasteiger partial charge in [0.15, 0.2) is 11.7 Å². The largest absolute Gasteiger partial charge is 0.359 e. The summed E-state index contributed by atoms with van der Waals surface area (Å²) in [5, 5.41) is 10.7. The average Bonchev–Trinajstić information content (AvgIpc) is 3.27. The van der Waals surface area contributed by atoms with Gasteiger partial charge in [0.1, 0.15) is 0 Å². The maximum Gasteiger partial charge on any atom is 0.191 e. The van der Waals surface area contributed by atoms with E-state index in [1.54, 1.807) is 0 Å². The summed E-state index contributed by atoms with van der Waals surface area (Å²) in [4.78, 5) is 9.78. The van der Waals surface area contributed by atoms with Gasteiger partial charge in [0, 0.05) is 45.3 Å². The van der Waals surface area contributed by atoms with Crippen LogP contribution in [-0.2, 0) is 19.6 Å². The smallest absolute Gasteiger partial charge is 0.191 e. The molecule has 0 radical (unpaired) electrons. The van der Waals surface area contributed by atoms with Crippen LogP contribution in [0.3, 0.4) is 0 Å². The van der Waals surface area contributed by atoms with Crippen molar-refractivity contribution in [3.8, 4) is 0 Å². The second kappa shape index (κ2) is 13.8. The topological polar surface area (TPSA) is 68.9 Å². The molecule has 7 nitrogen and oxygen atoms in total. The Morgan fingerprint density at radius 1 is 1.03 bits per heavy atom. The van der Waals surface area contributed by atoms with Gasteiger partial charge in [0.05, 0.1) is 18.8 Å². The molecule has 0 amide bonds. The number of hydrogen-bond acceptors (Lipinski definition) is 5. The molecule has 178 valence electrons. The molecule has 2 aromatic rings. The average molecular weight is 555 g/mol. The first-order valence-electron chi connectivity index (χ1n) is 11.6. The van der Waals surface area contributed by atoms with Crippen LogP contribution < -0.4 is 10.6 Å². The number of nitrogens with one attached hydrogen (secondary N) is 2. The van der Waals surface area contributed by atoms with E-state index in [9.17, 15) is 0 Å². The zero-order chi connectivity index (χ0) is 22.1. The van der Waals surface area contributed by atoms with Gasteiger partial charge in [-0.3, -0.25) is 4.90 Å². The van der Waals surface area contributed by atoms with E-state index in [0.29, 0.717) is 19.0 Å².